The van der Waals surface area contributed by atoms with Crippen LogP contribution in [0.3, 0.4) is 0 Å². The second kappa shape index (κ2) is 10.3. The van der Waals surface area contributed by atoms with Gasteiger partial charge in [-0.15, -0.1) is 0 Å². The molecule has 3 nitrogen and oxygen atoms in total. The predicted octanol–water partition coefficient (Wildman–Crippen LogP) is 11.3. The molecule has 0 amide bonds. The Morgan fingerprint density at radius 3 is 2.24 bits per heavy atom. The first kappa shape index (κ1) is 25.9. The summed E-state index contributed by atoms with van der Waals surface area (Å²) in [6, 6.07) is 37.5. The van der Waals surface area contributed by atoms with Gasteiger partial charge in [-0.2, -0.15) is 0 Å². The Morgan fingerprint density at radius 1 is 0.644 bits per heavy atom. The van der Waals surface area contributed by atoms with Crippen LogP contribution in [0.5, 0.6) is 5.75 Å². The van der Waals surface area contributed by atoms with E-state index < -0.39 is 0 Å². The summed E-state index contributed by atoms with van der Waals surface area (Å²) in [6.07, 6.45) is 11.3. The lowest BCUT2D eigenvalue weighted by Crippen LogP contribution is -2.02. The molecule has 1 unspecified atom stereocenters. The van der Waals surface area contributed by atoms with Gasteiger partial charge in [-0.05, 0) is 71.0 Å². The standard InChI is InChI=1S/C42H30O3/c43-37-17-8-7-16-32(37)30-14-9-15-31(22-30)33-25-35-34-23-28(26-10-3-1-4-11-26)18-20-38(34)44-42(35)40-36-24-29(27-12-5-2-6-13-27)19-21-39(36)45-41(33)40/h1-18,20,23-25,31,43H,19,21-22H2. The highest BCUT2D eigenvalue weighted by atomic mass is 16.3. The van der Waals surface area contributed by atoms with Gasteiger partial charge in [-0.25, -0.2) is 0 Å². The number of aryl methyl sites for hydroxylation is 1. The molecule has 2 aliphatic carbocycles. The van der Waals surface area contributed by atoms with Crippen molar-refractivity contribution in [1.82, 2.24) is 0 Å². The molecule has 2 aromatic heterocycles. The number of hydrogen-bond acceptors (Lipinski definition) is 3. The number of phenols is 1. The van der Waals surface area contributed by atoms with Gasteiger partial charge in [0.15, 0.2) is 0 Å². The van der Waals surface area contributed by atoms with Crippen LogP contribution in [0, 0.1) is 0 Å². The first-order valence-corrected chi connectivity index (χ1v) is 15.6. The van der Waals surface area contributed by atoms with Crippen LogP contribution in [0.1, 0.15) is 46.8 Å². The van der Waals surface area contributed by atoms with Crippen LogP contribution >= 0.6 is 0 Å². The van der Waals surface area contributed by atoms with E-state index in [4.69, 9.17) is 8.83 Å². The molecule has 0 bridgehead atoms. The van der Waals surface area contributed by atoms with Crippen molar-refractivity contribution in [3.05, 3.63) is 155 Å². The van der Waals surface area contributed by atoms with E-state index in [1.165, 1.54) is 16.7 Å². The maximum absolute atomic E-state index is 10.7. The van der Waals surface area contributed by atoms with Crippen molar-refractivity contribution in [1.29, 1.82) is 0 Å². The van der Waals surface area contributed by atoms with E-state index in [1.807, 2.05) is 24.3 Å². The predicted molar refractivity (Wildman–Crippen MR) is 184 cm³/mol. The number of para-hydroxylation sites is 1. The number of hydrogen-bond donors (Lipinski definition) is 1. The zero-order valence-electron chi connectivity index (χ0n) is 24.7. The summed E-state index contributed by atoms with van der Waals surface area (Å²) in [4.78, 5) is 0. The van der Waals surface area contributed by atoms with E-state index in [9.17, 15) is 5.11 Å². The number of phenolic OH excluding ortho intramolecular Hbond substituents is 1. The summed E-state index contributed by atoms with van der Waals surface area (Å²) in [5.41, 5.74) is 11.8. The maximum atomic E-state index is 10.7. The average molecular weight is 583 g/mol. The van der Waals surface area contributed by atoms with Crippen LogP contribution in [0.15, 0.2) is 136 Å². The average Bonchev–Trinajstić information content (AvgIpc) is 3.66. The van der Waals surface area contributed by atoms with Gasteiger partial charge >= 0.3 is 0 Å². The van der Waals surface area contributed by atoms with Gasteiger partial charge in [0, 0.05) is 39.8 Å². The molecule has 3 heteroatoms. The number of fused-ring (bicyclic) bond motifs is 7. The molecule has 0 spiro atoms. The molecule has 1 atom stereocenters. The minimum atomic E-state index is 0.0731. The molecule has 9 rings (SSSR count). The summed E-state index contributed by atoms with van der Waals surface area (Å²) in [5.74, 6) is 1.39. The molecule has 2 aliphatic rings. The largest absolute Gasteiger partial charge is 0.507 e. The second-order valence-corrected chi connectivity index (χ2v) is 12.1. The molecule has 45 heavy (non-hydrogen) atoms. The highest BCUT2D eigenvalue weighted by Crippen LogP contribution is 2.48. The maximum Gasteiger partial charge on any atom is 0.147 e. The van der Waals surface area contributed by atoms with E-state index in [-0.39, 0.29) is 5.92 Å². The molecular weight excluding hydrogens is 552 g/mol. The Balaban J connectivity index is 1.29. The van der Waals surface area contributed by atoms with E-state index in [2.05, 4.69) is 103 Å². The minimum Gasteiger partial charge on any atom is -0.507 e. The van der Waals surface area contributed by atoms with Crippen LogP contribution < -0.4 is 0 Å². The molecule has 5 aromatic carbocycles. The normalized spacial score (nSPS) is 16.2. The van der Waals surface area contributed by atoms with Crippen LogP contribution in [0.25, 0.3) is 61.3 Å². The Hall–Kier alpha value is -5.54. The van der Waals surface area contributed by atoms with E-state index in [0.29, 0.717) is 5.75 Å². The van der Waals surface area contributed by atoms with Gasteiger partial charge in [-0.1, -0.05) is 103 Å². The minimum absolute atomic E-state index is 0.0731. The second-order valence-electron chi connectivity index (χ2n) is 12.1. The fraction of sp³-hybridized carbons (Fsp3) is 0.0952. The van der Waals surface area contributed by atoms with Crippen molar-refractivity contribution in [2.75, 3.05) is 0 Å². The summed E-state index contributed by atoms with van der Waals surface area (Å²) >= 11 is 0. The molecule has 1 N–H and O–H groups in total. The van der Waals surface area contributed by atoms with Crippen molar-refractivity contribution in [3.63, 3.8) is 0 Å². The number of benzene rings is 5. The fourth-order valence-corrected chi connectivity index (χ4v) is 7.22. The first-order valence-electron chi connectivity index (χ1n) is 15.6. The van der Waals surface area contributed by atoms with Gasteiger partial charge in [0.25, 0.3) is 0 Å². The van der Waals surface area contributed by atoms with Gasteiger partial charge in [-0.3, -0.25) is 0 Å². The van der Waals surface area contributed by atoms with Gasteiger partial charge in [0.2, 0.25) is 0 Å². The molecule has 2 heterocycles. The third kappa shape index (κ3) is 4.27. The van der Waals surface area contributed by atoms with Crippen LogP contribution in [0.2, 0.25) is 0 Å². The lowest BCUT2D eigenvalue weighted by Gasteiger charge is -2.20. The zero-order chi connectivity index (χ0) is 29.9. The van der Waals surface area contributed by atoms with Gasteiger partial charge in [0.05, 0.1) is 5.39 Å². The lowest BCUT2D eigenvalue weighted by atomic mass is 9.83. The summed E-state index contributed by atoms with van der Waals surface area (Å²) in [5, 5.41) is 13.9. The zero-order valence-corrected chi connectivity index (χ0v) is 24.7. The molecule has 0 radical (unpaired) electrons. The molecule has 0 saturated heterocycles. The van der Waals surface area contributed by atoms with Gasteiger partial charge in [0.1, 0.15) is 28.3 Å². The van der Waals surface area contributed by atoms with E-state index >= 15 is 0 Å². The quantitative estimate of drug-likeness (QED) is 0.225. The van der Waals surface area contributed by atoms with Crippen LogP contribution in [-0.2, 0) is 6.42 Å². The fourth-order valence-electron chi connectivity index (χ4n) is 7.22. The third-order valence-corrected chi connectivity index (χ3v) is 9.46. The number of allylic oxidation sites excluding steroid dienone is 5. The Labute approximate surface area is 261 Å². The topological polar surface area (TPSA) is 46.5 Å². The van der Waals surface area contributed by atoms with Gasteiger partial charge < -0.3 is 13.9 Å². The van der Waals surface area contributed by atoms with Crippen molar-refractivity contribution >= 4 is 50.1 Å². The SMILES string of the molecule is Oc1ccccc1C1=CC=CC(c2cc3c4cc(-c5ccccc5)ccc4oc3c3c4c(oc23)CCC(c2ccccc2)=C4)C1. The van der Waals surface area contributed by atoms with Crippen molar-refractivity contribution in [3.8, 4) is 16.9 Å². The molecule has 0 aliphatic heterocycles. The van der Waals surface area contributed by atoms with Crippen molar-refractivity contribution in [2.24, 2.45) is 0 Å². The Morgan fingerprint density at radius 2 is 1.42 bits per heavy atom. The van der Waals surface area contributed by atoms with Crippen molar-refractivity contribution in [2.45, 2.75) is 25.2 Å². The number of furan rings is 2. The Kier molecular flexibility index (Phi) is 5.92. The van der Waals surface area contributed by atoms with E-state index in [0.717, 1.165) is 85.8 Å². The summed E-state index contributed by atoms with van der Waals surface area (Å²) in [7, 11) is 0. The number of aromatic hydroxyl groups is 1. The smallest absolute Gasteiger partial charge is 0.147 e. The highest BCUT2D eigenvalue weighted by Gasteiger charge is 2.28. The molecular formula is C42H30O3. The summed E-state index contributed by atoms with van der Waals surface area (Å²) < 4.78 is 13.5. The van der Waals surface area contributed by atoms with Crippen molar-refractivity contribution < 1.29 is 13.9 Å². The molecule has 216 valence electrons. The number of rotatable bonds is 4. The first-order chi connectivity index (χ1) is 22.2. The third-order valence-electron chi connectivity index (χ3n) is 9.46. The molecule has 0 fully saturated rings. The molecule has 0 saturated carbocycles. The Bertz CT molecular complexity index is 2350. The lowest BCUT2D eigenvalue weighted by molar-refractivity contribution is 0.473. The molecule has 7 aromatic rings. The highest BCUT2D eigenvalue weighted by molar-refractivity contribution is 6.18. The van der Waals surface area contributed by atoms with Crippen LogP contribution in [-0.4, -0.2) is 5.11 Å². The summed E-state index contributed by atoms with van der Waals surface area (Å²) in [6.45, 7) is 0. The monoisotopic (exact) mass is 582 g/mol. The van der Waals surface area contributed by atoms with Crippen LogP contribution in [0.4, 0.5) is 0 Å². The van der Waals surface area contributed by atoms with E-state index in [1.54, 1.807) is 6.07 Å².